The zero-order chi connectivity index (χ0) is 19.8. The molecule has 0 aliphatic carbocycles. The Labute approximate surface area is 160 Å². The van der Waals surface area contributed by atoms with Crippen LogP contribution in [0, 0.1) is 10.1 Å². The second kappa shape index (κ2) is 7.28. The van der Waals surface area contributed by atoms with Gasteiger partial charge in [0.2, 0.25) is 0 Å². The highest BCUT2D eigenvalue weighted by molar-refractivity contribution is 7.17. The van der Waals surface area contributed by atoms with E-state index < -0.39 is 16.6 Å². The number of carbonyl (C=O) groups excluding carboxylic acids is 1. The van der Waals surface area contributed by atoms with Crippen LogP contribution < -0.4 is 10.7 Å². The van der Waals surface area contributed by atoms with Crippen LogP contribution in [-0.4, -0.2) is 45.7 Å². The van der Waals surface area contributed by atoms with E-state index in [9.17, 15) is 14.9 Å². The number of rotatable bonds is 3. The summed E-state index contributed by atoms with van der Waals surface area (Å²) in [5.41, 5.74) is 0.587. The molecule has 9 nitrogen and oxygen atoms in total. The average molecular weight is 393 g/mol. The topological polar surface area (TPSA) is 115 Å². The van der Waals surface area contributed by atoms with Crippen molar-refractivity contribution in [3.63, 3.8) is 0 Å². The first-order valence-corrected chi connectivity index (χ1v) is 9.58. The highest BCUT2D eigenvalue weighted by Gasteiger charge is 2.33. The van der Waals surface area contributed by atoms with Gasteiger partial charge in [-0.05, 0) is 45.1 Å². The summed E-state index contributed by atoms with van der Waals surface area (Å²) in [6, 6.07) is 1.54. The molecule has 0 aromatic carbocycles. The van der Waals surface area contributed by atoms with Crippen molar-refractivity contribution in [2.45, 2.75) is 45.3 Å². The maximum atomic E-state index is 12.3. The molecule has 3 rings (SSSR count). The Bertz CT molecular complexity index is 863. The molecular weight excluding hydrogens is 370 g/mol. The van der Waals surface area contributed by atoms with E-state index in [0.29, 0.717) is 25.2 Å². The number of fused-ring (bicyclic) bond motifs is 1. The van der Waals surface area contributed by atoms with Gasteiger partial charge in [-0.1, -0.05) is 0 Å². The second-order valence-corrected chi connectivity index (χ2v) is 8.43. The molecule has 2 N–H and O–H groups in total. The molecule has 0 unspecified atom stereocenters. The molecule has 146 valence electrons. The zero-order valence-corrected chi connectivity index (χ0v) is 16.4. The smallest absolute Gasteiger partial charge is 0.424 e. The number of piperidine rings is 1. The number of nitrogens with two attached hydrogens (primary N) is 1. The minimum atomic E-state index is -0.643. The molecule has 1 saturated heterocycles. The number of carbonyl (C=O) groups is 1. The van der Waals surface area contributed by atoms with Crippen molar-refractivity contribution in [1.82, 2.24) is 9.99 Å². The van der Waals surface area contributed by atoms with Gasteiger partial charge in [0.05, 0.1) is 21.2 Å². The standard InChI is InChI=1S/C17H23N5O4S/c1-17(2,3)26-16(23)21(18)11-5-4-7-20(10-11)14-13(22(24)25)9-19-12-6-8-27-15(12)14/h6,8-9,11H,4-5,7,10,18H2,1-3H3/t11-/m0/s1. The van der Waals surface area contributed by atoms with Gasteiger partial charge in [0.25, 0.3) is 0 Å². The zero-order valence-electron chi connectivity index (χ0n) is 15.5. The minimum absolute atomic E-state index is 0.0357. The third kappa shape index (κ3) is 4.11. The molecule has 0 spiro atoms. The fourth-order valence-corrected chi connectivity index (χ4v) is 4.10. The third-order valence-electron chi connectivity index (χ3n) is 4.34. The lowest BCUT2D eigenvalue weighted by Crippen LogP contribution is -2.54. The van der Waals surface area contributed by atoms with Gasteiger partial charge in [0.15, 0.2) is 0 Å². The van der Waals surface area contributed by atoms with Gasteiger partial charge in [-0.3, -0.25) is 10.1 Å². The Hall–Kier alpha value is -2.46. The first-order valence-electron chi connectivity index (χ1n) is 8.70. The van der Waals surface area contributed by atoms with E-state index in [2.05, 4.69) is 4.98 Å². The number of hydrogen-bond acceptors (Lipinski definition) is 8. The molecule has 2 aromatic heterocycles. The van der Waals surface area contributed by atoms with Crippen LogP contribution in [0.4, 0.5) is 16.2 Å². The third-order valence-corrected chi connectivity index (χ3v) is 5.25. The largest absolute Gasteiger partial charge is 0.443 e. The monoisotopic (exact) mass is 393 g/mol. The molecule has 2 aromatic rings. The van der Waals surface area contributed by atoms with Crippen LogP contribution in [0.2, 0.25) is 0 Å². The maximum Gasteiger partial charge on any atom is 0.424 e. The molecule has 1 atom stereocenters. The van der Waals surface area contributed by atoms with Crippen LogP contribution in [0.1, 0.15) is 33.6 Å². The number of hydrogen-bond donors (Lipinski definition) is 1. The Balaban J connectivity index is 1.88. The van der Waals surface area contributed by atoms with E-state index in [4.69, 9.17) is 10.6 Å². The van der Waals surface area contributed by atoms with Gasteiger partial charge in [0.1, 0.15) is 17.5 Å². The van der Waals surface area contributed by atoms with Crippen molar-refractivity contribution in [1.29, 1.82) is 0 Å². The van der Waals surface area contributed by atoms with Crippen LogP contribution in [0.25, 0.3) is 10.2 Å². The lowest BCUT2D eigenvalue weighted by molar-refractivity contribution is -0.384. The molecule has 10 heteroatoms. The van der Waals surface area contributed by atoms with Gasteiger partial charge in [-0.2, -0.15) is 0 Å². The predicted molar refractivity (Wildman–Crippen MR) is 104 cm³/mol. The van der Waals surface area contributed by atoms with E-state index in [-0.39, 0.29) is 11.7 Å². The van der Waals surface area contributed by atoms with Crippen molar-refractivity contribution in [3.8, 4) is 0 Å². The molecule has 0 bridgehead atoms. The summed E-state index contributed by atoms with van der Waals surface area (Å²) in [6.45, 7) is 6.38. The summed E-state index contributed by atoms with van der Waals surface area (Å²) in [5, 5.41) is 14.5. The van der Waals surface area contributed by atoms with Gasteiger partial charge in [-0.15, -0.1) is 11.3 Å². The normalized spacial score (nSPS) is 17.8. The Morgan fingerprint density at radius 1 is 1.52 bits per heavy atom. The van der Waals surface area contributed by atoms with Crippen LogP contribution in [0.3, 0.4) is 0 Å². The SMILES string of the molecule is CC(C)(C)OC(=O)N(N)[C@H]1CCCN(c2c([N+](=O)[O-])cnc3ccsc23)C1. The van der Waals surface area contributed by atoms with Crippen LogP contribution in [-0.2, 0) is 4.74 Å². The van der Waals surface area contributed by atoms with Crippen LogP contribution in [0.15, 0.2) is 17.6 Å². The molecular formula is C17H23N5O4S. The molecule has 27 heavy (non-hydrogen) atoms. The Morgan fingerprint density at radius 3 is 2.93 bits per heavy atom. The van der Waals surface area contributed by atoms with Crippen molar-refractivity contribution in [3.05, 3.63) is 27.8 Å². The predicted octanol–water partition coefficient (Wildman–Crippen LogP) is 3.28. The summed E-state index contributed by atoms with van der Waals surface area (Å²) in [7, 11) is 0. The van der Waals surface area contributed by atoms with Gasteiger partial charge >= 0.3 is 11.8 Å². The van der Waals surface area contributed by atoms with E-state index in [1.54, 1.807) is 20.8 Å². The molecule has 0 radical (unpaired) electrons. The van der Waals surface area contributed by atoms with Crippen molar-refractivity contribution < 1.29 is 14.5 Å². The van der Waals surface area contributed by atoms with E-state index >= 15 is 0 Å². The maximum absolute atomic E-state index is 12.3. The number of aromatic nitrogens is 1. The molecule has 3 heterocycles. The fourth-order valence-electron chi connectivity index (χ4n) is 3.18. The number of pyridine rings is 1. The Kier molecular flexibility index (Phi) is 5.20. The number of ether oxygens (including phenoxy) is 1. The van der Waals surface area contributed by atoms with Crippen molar-refractivity contribution in [2.24, 2.45) is 5.84 Å². The molecule has 1 aliphatic heterocycles. The summed E-state index contributed by atoms with van der Waals surface area (Å²) in [5.74, 6) is 6.02. The number of thiophene rings is 1. The quantitative estimate of drug-likeness (QED) is 0.368. The van der Waals surface area contributed by atoms with E-state index in [0.717, 1.165) is 21.6 Å². The first-order chi connectivity index (χ1) is 12.7. The summed E-state index contributed by atoms with van der Waals surface area (Å²) >= 11 is 1.42. The summed E-state index contributed by atoms with van der Waals surface area (Å²) in [4.78, 5) is 29.5. The van der Waals surface area contributed by atoms with Crippen molar-refractivity contribution >= 4 is 39.0 Å². The Morgan fingerprint density at radius 2 is 2.26 bits per heavy atom. The second-order valence-electron chi connectivity index (χ2n) is 7.51. The van der Waals surface area contributed by atoms with Crippen molar-refractivity contribution in [2.75, 3.05) is 18.0 Å². The highest BCUT2D eigenvalue weighted by Crippen LogP contribution is 2.39. The summed E-state index contributed by atoms with van der Waals surface area (Å²) in [6.07, 6.45) is 2.16. The molecule has 1 amide bonds. The van der Waals surface area contributed by atoms with Gasteiger partial charge in [-0.25, -0.2) is 20.6 Å². The van der Waals surface area contributed by atoms with Gasteiger partial charge in [0, 0.05) is 13.1 Å². The number of nitrogens with zero attached hydrogens (tertiary/aromatic N) is 4. The first kappa shape index (κ1) is 19.3. The summed E-state index contributed by atoms with van der Waals surface area (Å²) < 4.78 is 6.11. The minimum Gasteiger partial charge on any atom is -0.443 e. The number of amides is 1. The molecule has 0 saturated carbocycles. The lowest BCUT2D eigenvalue weighted by atomic mass is 10.0. The van der Waals surface area contributed by atoms with Gasteiger partial charge < -0.3 is 9.64 Å². The molecule has 1 fully saturated rings. The number of anilines is 1. The van der Waals surface area contributed by atoms with E-state index in [1.807, 2.05) is 16.3 Å². The van der Waals surface area contributed by atoms with Crippen LogP contribution >= 0.6 is 11.3 Å². The lowest BCUT2D eigenvalue weighted by Gasteiger charge is -2.38. The molecule has 1 aliphatic rings. The number of nitro groups is 1. The van der Waals surface area contributed by atoms with Crippen LogP contribution in [0.5, 0.6) is 0 Å². The average Bonchev–Trinajstić information content (AvgIpc) is 3.07. The fraction of sp³-hybridized carbons (Fsp3) is 0.529. The number of hydrazine groups is 1. The highest BCUT2D eigenvalue weighted by atomic mass is 32.1. The van der Waals surface area contributed by atoms with E-state index in [1.165, 1.54) is 17.5 Å².